The van der Waals surface area contributed by atoms with E-state index >= 15 is 0 Å². The summed E-state index contributed by atoms with van der Waals surface area (Å²) in [6.45, 7) is 5.88. The molecule has 0 saturated heterocycles. The Morgan fingerprint density at radius 2 is 2.00 bits per heavy atom. The standard InChI is InChI=1S/C17H23FN4OS.HI/c1-12-13(2)24-16(21-12)11-20-17(19-3)22(4)9-10-23-15-7-5-14(18)6-8-15;/h5-8H,9-11H2,1-4H3,(H,19,20);1H. The van der Waals surface area contributed by atoms with Crippen LogP contribution in [0.5, 0.6) is 5.75 Å². The number of aliphatic imine (C=N–C) groups is 1. The molecular formula is C17H24FIN4OS. The summed E-state index contributed by atoms with van der Waals surface area (Å²) >= 11 is 1.69. The van der Waals surface area contributed by atoms with Crippen LogP contribution in [0.15, 0.2) is 29.3 Å². The molecule has 0 fully saturated rings. The van der Waals surface area contributed by atoms with Crippen molar-refractivity contribution in [3.63, 3.8) is 0 Å². The van der Waals surface area contributed by atoms with Crippen molar-refractivity contribution in [2.24, 2.45) is 4.99 Å². The lowest BCUT2D eigenvalue weighted by molar-refractivity contribution is 0.281. The molecule has 0 saturated carbocycles. The molecule has 8 heteroatoms. The van der Waals surface area contributed by atoms with Crippen molar-refractivity contribution < 1.29 is 9.13 Å². The number of thiazole rings is 1. The Kier molecular flexibility index (Phi) is 9.12. The van der Waals surface area contributed by atoms with E-state index < -0.39 is 0 Å². The first-order valence-corrected chi connectivity index (χ1v) is 8.54. The summed E-state index contributed by atoms with van der Waals surface area (Å²) < 4.78 is 18.5. The second-order valence-corrected chi connectivity index (χ2v) is 6.66. The number of guanidine groups is 1. The Hall–Kier alpha value is -1.42. The number of aryl methyl sites for hydroxylation is 2. The van der Waals surface area contributed by atoms with Crippen LogP contribution in [0.25, 0.3) is 0 Å². The highest BCUT2D eigenvalue weighted by molar-refractivity contribution is 14.0. The maximum absolute atomic E-state index is 12.8. The zero-order chi connectivity index (χ0) is 17.5. The quantitative estimate of drug-likeness (QED) is 0.392. The van der Waals surface area contributed by atoms with Crippen molar-refractivity contribution in [2.45, 2.75) is 20.4 Å². The maximum atomic E-state index is 12.8. The van der Waals surface area contributed by atoms with Crippen LogP contribution in [0.4, 0.5) is 4.39 Å². The third kappa shape index (κ3) is 6.77. The van der Waals surface area contributed by atoms with Gasteiger partial charge in [-0.3, -0.25) is 4.99 Å². The first kappa shape index (κ1) is 21.6. The second kappa shape index (κ2) is 10.5. The maximum Gasteiger partial charge on any atom is 0.193 e. The molecule has 1 N–H and O–H groups in total. The van der Waals surface area contributed by atoms with Gasteiger partial charge in [0.25, 0.3) is 0 Å². The molecule has 5 nitrogen and oxygen atoms in total. The summed E-state index contributed by atoms with van der Waals surface area (Å²) in [6, 6.07) is 6.01. The monoisotopic (exact) mass is 478 g/mol. The lowest BCUT2D eigenvalue weighted by Gasteiger charge is -2.21. The van der Waals surface area contributed by atoms with E-state index in [0.717, 1.165) is 16.7 Å². The fraction of sp³-hybridized carbons (Fsp3) is 0.412. The van der Waals surface area contributed by atoms with Gasteiger partial charge in [-0.15, -0.1) is 35.3 Å². The van der Waals surface area contributed by atoms with Crippen LogP contribution in [0.3, 0.4) is 0 Å². The zero-order valence-corrected chi connectivity index (χ0v) is 18.0. The number of likely N-dealkylation sites (N-methyl/N-ethyl adjacent to an activating group) is 1. The molecule has 25 heavy (non-hydrogen) atoms. The lowest BCUT2D eigenvalue weighted by atomic mass is 10.3. The molecule has 2 aromatic rings. The van der Waals surface area contributed by atoms with E-state index in [1.54, 1.807) is 30.5 Å². The van der Waals surface area contributed by atoms with Crippen LogP contribution >= 0.6 is 35.3 Å². The third-order valence-corrected chi connectivity index (χ3v) is 4.63. The molecule has 138 valence electrons. The van der Waals surface area contributed by atoms with Gasteiger partial charge in [0.1, 0.15) is 23.2 Å². The molecule has 0 bridgehead atoms. The number of hydrogen-bond acceptors (Lipinski definition) is 4. The van der Waals surface area contributed by atoms with E-state index in [2.05, 4.69) is 22.2 Å². The summed E-state index contributed by atoms with van der Waals surface area (Å²) in [5, 5.41) is 4.34. The van der Waals surface area contributed by atoms with E-state index in [9.17, 15) is 4.39 Å². The Bertz CT molecular complexity index is 671. The molecule has 0 aliphatic carbocycles. The molecule has 0 aliphatic heterocycles. The molecule has 1 aromatic heterocycles. The van der Waals surface area contributed by atoms with E-state index in [4.69, 9.17) is 4.74 Å². The van der Waals surface area contributed by atoms with E-state index in [1.807, 2.05) is 18.9 Å². The average molecular weight is 478 g/mol. The second-order valence-electron chi connectivity index (χ2n) is 5.37. The fourth-order valence-electron chi connectivity index (χ4n) is 2.09. The number of hydrogen-bond donors (Lipinski definition) is 1. The molecule has 0 aliphatic rings. The van der Waals surface area contributed by atoms with Crippen molar-refractivity contribution in [2.75, 3.05) is 27.2 Å². The first-order valence-electron chi connectivity index (χ1n) is 7.72. The normalized spacial score (nSPS) is 11.0. The third-order valence-electron chi connectivity index (χ3n) is 3.55. The van der Waals surface area contributed by atoms with Gasteiger partial charge in [0, 0.05) is 19.0 Å². The molecule has 0 spiro atoms. The molecule has 1 heterocycles. The van der Waals surface area contributed by atoms with Crippen molar-refractivity contribution in [1.29, 1.82) is 0 Å². The van der Waals surface area contributed by atoms with Gasteiger partial charge in [0.2, 0.25) is 0 Å². The highest BCUT2D eigenvalue weighted by Gasteiger charge is 2.08. The average Bonchev–Trinajstić information content (AvgIpc) is 2.88. The van der Waals surface area contributed by atoms with Gasteiger partial charge in [-0.25, -0.2) is 9.37 Å². The van der Waals surface area contributed by atoms with Crippen LogP contribution < -0.4 is 10.1 Å². The minimum absolute atomic E-state index is 0. The van der Waals surface area contributed by atoms with Gasteiger partial charge >= 0.3 is 0 Å². The molecule has 0 radical (unpaired) electrons. The molecule has 0 atom stereocenters. The van der Waals surface area contributed by atoms with Gasteiger partial charge in [-0.2, -0.15) is 0 Å². The van der Waals surface area contributed by atoms with Crippen LogP contribution in [0.1, 0.15) is 15.6 Å². The minimum atomic E-state index is -0.267. The van der Waals surface area contributed by atoms with E-state index in [-0.39, 0.29) is 29.8 Å². The van der Waals surface area contributed by atoms with Gasteiger partial charge in [0.15, 0.2) is 5.96 Å². The first-order chi connectivity index (χ1) is 11.5. The summed E-state index contributed by atoms with van der Waals surface area (Å²) in [7, 11) is 3.69. The van der Waals surface area contributed by atoms with Crippen LogP contribution in [-0.2, 0) is 6.54 Å². The largest absolute Gasteiger partial charge is 0.492 e. The number of benzene rings is 1. The predicted molar refractivity (Wildman–Crippen MR) is 112 cm³/mol. The Labute approximate surface area is 169 Å². The summed E-state index contributed by atoms with van der Waals surface area (Å²) in [5.74, 6) is 1.17. The molecular weight excluding hydrogens is 454 g/mol. The highest BCUT2D eigenvalue weighted by atomic mass is 127. The van der Waals surface area contributed by atoms with Crippen molar-refractivity contribution >= 4 is 41.3 Å². The number of aromatic nitrogens is 1. The Morgan fingerprint density at radius 3 is 2.56 bits per heavy atom. The van der Waals surface area contributed by atoms with Crippen molar-refractivity contribution in [3.05, 3.63) is 45.7 Å². The van der Waals surface area contributed by atoms with Crippen LogP contribution in [-0.4, -0.2) is 43.1 Å². The number of nitrogens with one attached hydrogen (secondary N) is 1. The molecule has 0 amide bonds. The lowest BCUT2D eigenvalue weighted by Crippen LogP contribution is -2.40. The van der Waals surface area contributed by atoms with Gasteiger partial charge in [0.05, 0.1) is 18.8 Å². The van der Waals surface area contributed by atoms with E-state index in [0.29, 0.717) is 25.4 Å². The molecule has 2 rings (SSSR count). The van der Waals surface area contributed by atoms with Crippen LogP contribution in [0.2, 0.25) is 0 Å². The molecule has 0 unspecified atom stereocenters. The van der Waals surface area contributed by atoms with Gasteiger partial charge in [-0.05, 0) is 38.1 Å². The summed E-state index contributed by atoms with van der Waals surface area (Å²) in [6.07, 6.45) is 0. The topological polar surface area (TPSA) is 49.8 Å². The number of rotatable bonds is 6. The number of ether oxygens (including phenoxy) is 1. The molecule has 1 aromatic carbocycles. The van der Waals surface area contributed by atoms with E-state index in [1.165, 1.54) is 17.0 Å². The zero-order valence-electron chi connectivity index (χ0n) is 14.9. The number of nitrogens with zero attached hydrogens (tertiary/aromatic N) is 3. The Balaban J connectivity index is 0.00000312. The highest BCUT2D eigenvalue weighted by Crippen LogP contribution is 2.16. The van der Waals surface area contributed by atoms with Gasteiger partial charge in [-0.1, -0.05) is 0 Å². The SMILES string of the molecule is CN=C(NCc1nc(C)c(C)s1)N(C)CCOc1ccc(F)cc1.I. The fourth-order valence-corrected chi connectivity index (χ4v) is 2.97. The number of halogens is 2. The summed E-state index contributed by atoms with van der Waals surface area (Å²) in [5.41, 5.74) is 1.08. The Morgan fingerprint density at radius 1 is 1.32 bits per heavy atom. The summed E-state index contributed by atoms with van der Waals surface area (Å²) in [4.78, 5) is 12.0. The predicted octanol–water partition coefficient (Wildman–Crippen LogP) is 3.60. The smallest absolute Gasteiger partial charge is 0.193 e. The van der Waals surface area contributed by atoms with Gasteiger partial charge < -0.3 is 15.0 Å². The van der Waals surface area contributed by atoms with Crippen molar-refractivity contribution in [1.82, 2.24) is 15.2 Å². The van der Waals surface area contributed by atoms with Crippen LogP contribution in [0, 0.1) is 19.7 Å². The van der Waals surface area contributed by atoms with Crippen molar-refractivity contribution in [3.8, 4) is 5.75 Å². The minimum Gasteiger partial charge on any atom is -0.492 e.